The number of esters is 1. The number of halogens is 1. The van der Waals surface area contributed by atoms with Gasteiger partial charge in [-0.1, -0.05) is 17.7 Å². The zero-order chi connectivity index (χ0) is 13.1. The Morgan fingerprint density at radius 2 is 2.00 bits per heavy atom. The van der Waals surface area contributed by atoms with E-state index in [9.17, 15) is 4.79 Å². The molecular formula is C13H17ClO3. The van der Waals surface area contributed by atoms with E-state index in [1.807, 2.05) is 20.8 Å². The normalized spacial score (nSPS) is 13.0. The Morgan fingerprint density at radius 1 is 1.35 bits per heavy atom. The second kappa shape index (κ2) is 5.41. The largest absolute Gasteiger partial charge is 0.479 e. The molecule has 0 spiro atoms. The summed E-state index contributed by atoms with van der Waals surface area (Å²) in [5, 5.41) is 0.568. The molecule has 0 saturated carbocycles. The van der Waals surface area contributed by atoms with Crippen LogP contribution in [0.4, 0.5) is 0 Å². The van der Waals surface area contributed by atoms with Gasteiger partial charge in [-0.05, 0) is 45.9 Å². The minimum absolute atomic E-state index is 0.391. The Bertz CT molecular complexity index is 396. The van der Waals surface area contributed by atoms with E-state index < -0.39 is 17.7 Å². The monoisotopic (exact) mass is 256 g/mol. The highest BCUT2D eigenvalue weighted by Gasteiger charge is 2.22. The summed E-state index contributed by atoms with van der Waals surface area (Å²) < 4.78 is 10.6. The zero-order valence-corrected chi connectivity index (χ0v) is 11.2. The summed E-state index contributed by atoms with van der Waals surface area (Å²) in [5.41, 5.74) is -0.511. The highest BCUT2D eigenvalue weighted by Crippen LogP contribution is 2.19. The number of rotatable bonds is 3. The predicted molar refractivity (Wildman–Crippen MR) is 67.4 cm³/mol. The summed E-state index contributed by atoms with van der Waals surface area (Å²) in [4.78, 5) is 11.7. The van der Waals surface area contributed by atoms with Gasteiger partial charge in [0.1, 0.15) is 11.4 Å². The first kappa shape index (κ1) is 13.8. The van der Waals surface area contributed by atoms with E-state index in [-0.39, 0.29) is 0 Å². The number of carbonyl (C=O) groups is 1. The van der Waals surface area contributed by atoms with Gasteiger partial charge < -0.3 is 9.47 Å². The maximum absolute atomic E-state index is 11.7. The van der Waals surface area contributed by atoms with E-state index in [2.05, 4.69) is 0 Å². The molecule has 0 heterocycles. The Morgan fingerprint density at radius 3 is 2.53 bits per heavy atom. The van der Waals surface area contributed by atoms with Crippen molar-refractivity contribution < 1.29 is 14.3 Å². The lowest BCUT2D eigenvalue weighted by atomic mass is 10.2. The Hall–Kier alpha value is -1.22. The molecule has 4 heteroatoms. The van der Waals surface area contributed by atoms with Crippen LogP contribution in [-0.2, 0) is 9.53 Å². The molecule has 1 atom stereocenters. The average Bonchev–Trinajstić information content (AvgIpc) is 2.14. The van der Waals surface area contributed by atoms with Crippen LogP contribution in [0.15, 0.2) is 24.3 Å². The van der Waals surface area contributed by atoms with Crippen LogP contribution in [0.1, 0.15) is 27.7 Å². The lowest BCUT2D eigenvalue weighted by Crippen LogP contribution is -2.33. The number of benzene rings is 1. The van der Waals surface area contributed by atoms with Crippen LogP contribution in [0.3, 0.4) is 0 Å². The van der Waals surface area contributed by atoms with Crippen LogP contribution < -0.4 is 4.74 Å². The third kappa shape index (κ3) is 5.09. The Labute approximate surface area is 107 Å². The molecule has 0 fully saturated rings. The van der Waals surface area contributed by atoms with Crippen LogP contribution in [0.2, 0.25) is 5.02 Å². The second-order valence-corrected chi connectivity index (χ2v) is 5.19. The molecule has 0 saturated heterocycles. The molecule has 3 nitrogen and oxygen atoms in total. The number of hydrogen-bond acceptors (Lipinski definition) is 3. The third-order valence-corrected chi connectivity index (χ3v) is 2.08. The Kier molecular flexibility index (Phi) is 4.40. The van der Waals surface area contributed by atoms with Crippen LogP contribution in [0.5, 0.6) is 5.75 Å². The van der Waals surface area contributed by atoms with Gasteiger partial charge in [0.2, 0.25) is 0 Å². The van der Waals surface area contributed by atoms with Crippen LogP contribution >= 0.6 is 11.6 Å². The molecule has 17 heavy (non-hydrogen) atoms. The fourth-order valence-electron chi connectivity index (χ4n) is 1.18. The highest BCUT2D eigenvalue weighted by molar-refractivity contribution is 6.30. The van der Waals surface area contributed by atoms with E-state index in [1.54, 1.807) is 31.2 Å². The van der Waals surface area contributed by atoms with Gasteiger partial charge in [-0.3, -0.25) is 0 Å². The molecule has 0 bridgehead atoms. The van der Waals surface area contributed by atoms with Gasteiger partial charge >= 0.3 is 5.97 Å². The van der Waals surface area contributed by atoms with Crippen molar-refractivity contribution in [2.75, 3.05) is 0 Å². The third-order valence-electron chi connectivity index (χ3n) is 1.85. The van der Waals surface area contributed by atoms with E-state index in [0.717, 1.165) is 0 Å². The van der Waals surface area contributed by atoms with Crippen LogP contribution in [0.25, 0.3) is 0 Å². The predicted octanol–water partition coefficient (Wildman–Crippen LogP) is 3.45. The number of hydrogen-bond donors (Lipinski definition) is 0. The first-order valence-corrected chi connectivity index (χ1v) is 5.81. The van der Waals surface area contributed by atoms with Crippen molar-refractivity contribution in [2.24, 2.45) is 0 Å². The number of ether oxygens (including phenoxy) is 2. The molecule has 1 aromatic rings. The summed E-state index contributed by atoms with van der Waals surface area (Å²) in [6.07, 6.45) is -0.660. The van der Waals surface area contributed by atoms with E-state index >= 15 is 0 Å². The average molecular weight is 257 g/mol. The van der Waals surface area contributed by atoms with E-state index in [1.165, 1.54) is 0 Å². The summed E-state index contributed by atoms with van der Waals surface area (Å²) in [7, 11) is 0. The minimum Gasteiger partial charge on any atom is -0.479 e. The molecule has 94 valence electrons. The van der Waals surface area contributed by atoms with Crippen molar-refractivity contribution in [3.05, 3.63) is 29.3 Å². The summed E-state index contributed by atoms with van der Waals surface area (Å²) >= 11 is 5.82. The summed E-state index contributed by atoms with van der Waals surface area (Å²) in [5.74, 6) is 0.160. The lowest BCUT2D eigenvalue weighted by Gasteiger charge is -2.22. The smallest absolute Gasteiger partial charge is 0.347 e. The van der Waals surface area contributed by atoms with Crippen LogP contribution in [0, 0.1) is 0 Å². The SMILES string of the molecule is CC(Oc1cccc(Cl)c1)C(=O)OC(C)(C)C. The first-order valence-electron chi connectivity index (χ1n) is 5.43. The molecule has 0 aromatic heterocycles. The van der Waals surface area contributed by atoms with E-state index in [0.29, 0.717) is 10.8 Å². The standard InChI is InChI=1S/C13H17ClO3/c1-9(12(15)17-13(2,3)4)16-11-7-5-6-10(14)8-11/h5-9H,1-4H3. The maximum Gasteiger partial charge on any atom is 0.347 e. The summed E-state index contributed by atoms with van der Waals surface area (Å²) in [6, 6.07) is 6.90. The molecule has 0 aliphatic carbocycles. The van der Waals surface area contributed by atoms with Gasteiger partial charge in [0, 0.05) is 5.02 Å². The Balaban J connectivity index is 2.60. The topological polar surface area (TPSA) is 35.5 Å². The van der Waals surface area contributed by atoms with Gasteiger partial charge in [-0.15, -0.1) is 0 Å². The maximum atomic E-state index is 11.7. The fourth-order valence-corrected chi connectivity index (χ4v) is 1.36. The lowest BCUT2D eigenvalue weighted by molar-refractivity contribution is -0.162. The minimum atomic E-state index is -0.660. The molecule has 1 aromatic carbocycles. The molecule has 0 aliphatic heterocycles. The van der Waals surface area contributed by atoms with Gasteiger partial charge in [-0.2, -0.15) is 0 Å². The van der Waals surface area contributed by atoms with Crippen molar-refractivity contribution in [3.8, 4) is 5.75 Å². The molecule has 0 radical (unpaired) electrons. The van der Waals surface area contributed by atoms with Crippen molar-refractivity contribution in [2.45, 2.75) is 39.4 Å². The summed E-state index contributed by atoms with van der Waals surface area (Å²) in [6.45, 7) is 7.10. The highest BCUT2D eigenvalue weighted by atomic mass is 35.5. The first-order chi connectivity index (χ1) is 7.78. The van der Waals surface area contributed by atoms with Crippen molar-refractivity contribution in [3.63, 3.8) is 0 Å². The fraction of sp³-hybridized carbons (Fsp3) is 0.462. The van der Waals surface area contributed by atoms with Gasteiger partial charge in [0.05, 0.1) is 0 Å². The van der Waals surface area contributed by atoms with Crippen molar-refractivity contribution in [1.29, 1.82) is 0 Å². The van der Waals surface area contributed by atoms with Gasteiger partial charge in [0.25, 0.3) is 0 Å². The zero-order valence-electron chi connectivity index (χ0n) is 10.5. The van der Waals surface area contributed by atoms with Gasteiger partial charge in [0.15, 0.2) is 6.10 Å². The molecule has 0 amide bonds. The van der Waals surface area contributed by atoms with Crippen molar-refractivity contribution in [1.82, 2.24) is 0 Å². The number of carbonyl (C=O) groups excluding carboxylic acids is 1. The molecule has 0 aliphatic rings. The molecule has 1 unspecified atom stereocenters. The quantitative estimate of drug-likeness (QED) is 0.777. The molecule has 0 N–H and O–H groups in total. The molecule has 1 rings (SSSR count). The van der Waals surface area contributed by atoms with Crippen LogP contribution in [-0.4, -0.2) is 17.7 Å². The van der Waals surface area contributed by atoms with Crippen molar-refractivity contribution >= 4 is 17.6 Å². The molecular weight excluding hydrogens is 240 g/mol. The van der Waals surface area contributed by atoms with Gasteiger partial charge in [-0.25, -0.2) is 4.79 Å². The second-order valence-electron chi connectivity index (χ2n) is 4.75. The van der Waals surface area contributed by atoms with E-state index in [4.69, 9.17) is 21.1 Å².